The predicted octanol–water partition coefficient (Wildman–Crippen LogP) is 8.37. The molecule has 0 unspecified atom stereocenters. The highest BCUT2D eigenvalue weighted by Crippen LogP contribution is 2.72. The van der Waals surface area contributed by atoms with Crippen LogP contribution in [0.25, 0.3) is 0 Å². The predicted molar refractivity (Wildman–Crippen MR) is 165 cm³/mol. The zero-order valence-corrected chi connectivity index (χ0v) is 24.1. The molecule has 4 aliphatic carbocycles. The molecule has 0 aromatic heterocycles. The third-order valence-electron chi connectivity index (χ3n) is 10.2. The first-order valence-corrected chi connectivity index (χ1v) is 14.8. The van der Waals surface area contributed by atoms with Crippen LogP contribution in [0.4, 0.5) is 11.4 Å². The molecule has 0 spiro atoms. The average Bonchev–Trinajstić information content (AvgIpc) is 2.93. The molecule has 4 aliphatic rings. The molecule has 0 saturated heterocycles. The first-order valence-electron chi connectivity index (χ1n) is 14.8. The number of rotatable bonds is 6. The monoisotopic (exact) mass is 562 g/mol. The topological polar surface area (TPSA) is 111 Å². The van der Waals surface area contributed by atoms with E-state index in [4.69, 9.17) is 20.9 Å². The maximum Gasteiger partial charge on any atom is 0.142 e. The molecule has 6 nitrogen and oxygen atoms in total. The van der Waals surface area contributed by atoms with E-state index < -0.39 is 0 Å². The van der Waals surface area contributed by atoms with Gasteiger partial charge in [-0.1, -0.05) is 38.1 Å². The van der Waals surface area contributed by atoms with Crippen LogP contribution in [0.15, 0.2) is 84.9 Å². The zero-order valence-electron chi connectivity index (χ0n) is 24.1. The van der Waals surface area contributed by atoms with Crippen molar-refractivity contribution in [1.29, 1.82) is 0 Å². The second kappa shape index (κ2) is 9.35. The summed E-state index contributed by atoms with van der Waals surface area (Å²) in [5, 5.41) is 20.0. The number of ether oxygens (including phenoxy) is 2. The minimum atomic E-state index is -0.102. The Balaban J connectivity index is 1.25. The molecule has 0 heterocycles. The third kappa shape index (κ3) is 4.32. The van der Waals surface area contributed by atoms with Crippen LogP contribution in [0.3, 0.4) is 0 Å². The standard InChI is InChI=1S/C36H38N2O4/c1-34-17-24-19-35(2,21-34)20-25(18-34)36(24,22-3-7-26(8-4-22)41-28-11-13-30(37)32(39)15-28)23-5-9-27(10-6-23)42-29-12-14-31(38)33(40)16-29/h3-16,24-25,39-40H,17-21,37-38H2,1-2H3. The highest BCUT2D eigenvalue weighted by Gasteiger charge is 2.64. The van der Waals surface area contributed by atoms with Crippen LogP contribution in [0, 0.1) is 22.7 Å². The molecule has 4 fully saturated rings. The van der Waals surface area contributed by atoms with E-state index in [-0.39, 0.29) is 16.9 Å². The summed E-state index contributed by atoms with van der Waals surface area (Å²) in [5.41, 5.74) is 15.5. The molecule has 4 aromatic carbocycles. The van der Waals surface area contributed by atoms with E-state index in [2.05, 4.69) is 38.1 Å². The van der Waals surface area contributed by atoms with Crippen molar-refractivity contribution in [2.75, 3.05) is 11.5 Å². The van der Waals surface area contributed by atoms with Gasteiger partial charge in [-0.2, -0.15) is 0 Å². The summed E-state index contributed by atoms with van der Waals surface area (Å²) in [7, 11) is 0. The molecule has 4 aromatic rings. The van der Waals surface area contributed by atoms with E-state index in [1.54, 1.807) is 36.4 Å². The lowest BCUT2D eigenvalue weighted by Gasteiger charge is -2.68. The Bertz CT molecular complexity index is 1510. The Morgan fingerprint density at radius 1 is 0.571 bits per heavy atom. The maximum atomic E-state index is 10.0. The van der Waals surface area contributed by atoms with Gasteiger partial charge in [-0.25, -0.2) is 0 Å². The van der Waals surface area contributed by atoms with Crippen molar-refractivity contribution >= 4 is 11.4 Å². The number of phenols is 2. The number of phenolic OH excluding ortho intramolecular Hbond substituents is 2. The number of nitrogens with two attached hydrogens (primary N) is 2. The summed E-state index contributed by atoms with van der Waals surface area (Å²) < 4.78 is 12.2. The Morgan fingerprint density at radius 3 is 1.29 bits per heavy atom. The summed E-state index contributed by atoms with van der Waals surface area (Å²) in [6.45, 7) is 5.01. The SMILES string of the molecule is CC12CC3CC(C)(CC(C1)C3(c1ccc(Oc3ccc(N)c(O)c3)cc1)c1ccc(Oc3ccc(N)c(O)c3)cc1)C2. The van der Waals surface area contributed by atoms with Gasteiger partial charge in [0.15, 0.2) is 0 Å². The fraction of sp³-hybridized carbons (Fsp3) is 0.333. The summed E-state index contributed by atoms with van der Waals surface area (Å²) in [6.07, 6.45) is 6.23. The lowest BCUT2D eigenvalue weighted by molar-refractivity contribution is -0.133. The molecular weight excluding hydrogens is 524 g/mol. The van der Waals surface area contributed by atoms with E-state index in [1.165, 1.54) is 43.2 Å². The van der Waals surface area contributed by atoms with Gasteiger partial charge in [0.05, 0.1) is 11.4 Å². The van der Waals surface area contributed by atoms with Crippen LogP contribution in [-0.2, 0) is 5.41 Å². The van der Waals surface area contributed by atoms with Crippen molar-refractivity contribution < 1.29 is 19.7 Å². The summed E-state index contributed by atoms with van der Waals surface area (Å²) in [4.78, 5) is 0. The minimum absolute atomic E-state index is 0.0132. The maximum absolute atomic E-state index is 10.0. The first kappa shape index (κ1) is 26.6. The van der Waals surface area contributed by atoms with Gasteiger partial charge in [0.1, 0.15) is 34.5 Å². The number of hydrogen-bond acceptors (Lipinski definition) is 6. The van der Waals surface area contributed by atoms with Crippen molar-refractivity contribution in [2.45, 2.75) is 51.4 Å². The van der Waals surface area contributed by atoms with Crippen LogP contribution in [0.1, 0.15) is 57.1 Å². The molecule has 0 aliphatic heterocycles. The molecule has 0 amide bonds. The molecule has 8 rings (SSSR count). The molecular formula is C36H38N2O4. The third-order valence-corrected chi connectivity index (χ3v) is 10.2. The van der Waals surface area contributed by atoms with E-state index in [9.17, 15) is 10.2 Å². The van der Waals surface area contributed by atoms with Crippen molar-refractivity contribution in [3.63, 3.8) is 0 Å². The average molecular weight is 563 g/mol. The van der Waals surface area contributed by atoms with Gasteiger partial charge in [-0.3, -0.25) is 0 Å². The number of benzene rings is 4. The van der Waals surface area contributed by atoms with Crippen LogP contribution >= 0.6 is 0 Å². The normalized spacial score (nSPS) is 27.1. The molecule has 4 saturated carbocycles. The van der Waals surface area contributed by atoms with E-state index in [0.29, 0.717) is 45.5 Å². The van der Waals surface area contributed by atoms with Crippen molar-refractivity contribution in [2.24, 2.45) is 22.7 Å². The number of aromatic hydroxyl groups is 2. The van der Waals surface area contributed by atoms with E-state index in [0.717, 1.165) is 11.5 Å². The highest BCUT2D eigenvalue weighted by molar-refractivity contribution is 5.56. The van der Waals surface area contributed by atoms with Crippen LogP contribution < -0.4 is 20.9 Å². The number of anilines is 2. The van der Waals surface area contributed by atoms with Crippen molar-refractivity contribution in [1.82, 2.24) is 0 Å². The minimum Gasteiger partial charge on any atom is -0.506 e. The van der Waals surface area contributed by atoms with E-state index >= 15 is 0 Å². The van der Waals surface area contributed by atoms with Crippen molar-refractivity contribution in [3.8, 4) is 34.5 Å². The fourth-order valence-corrected chi connectivity index (χ4v) is 9.14. The molecule has 6 N–H and O–H groups in total. The summed E-state index contributed by atoms with van der Waals surface area (Å²) in [5.74, 6) is 3.63. The van der Waals surface area contributed by atoms with Gasteiger partial charge in [0.2, 0.25) is 0 Å². The molecule has 0 atom stereocenters. The second-order valence-electron chi connectivity index (χ2n) is 13.6. The lowest BCUT2D eigenvalue weighted by atomic mass is 9.35. The number of nitrogen functional groups attached to an aromatic ring is 2. The van der Waals surface area contributed by atoms with Crippen LogP contribution in [0.2, 0.25) is 0 Å². The van der Waals surface area contributed by atoms with Gasteiger partial charge < -0.3 is 31.2 Å². The Morgan fingerprint density at radius 2 is 0.929 bits per heavy atom. The molecule has 0 radical (unpaired) electrons. The van der Waals surface area contributed by atoms with Crippen LogP contribution in [-0.4, -0.2) is 10.2 Å². The van der Waals surface area contributed by atoms with Crippen LogP contribution in [0.5, 0.6) is 34.5 Å². The van der Waals surface area contributed by atoms with Gasteiger partial charge >= 0.3 is 0 Å². The highest BCUT2D eigenvalue weighted by atomic mass is 16.5. The Labute approximate surface area is 246 Å². The largest absolute Gasteiger partial charge is 0.506 e. The summed E-state index contributed by atoms with van der Waals surface area (Å²) in [6, 6.07) is 27.0. The van der Waals surface area contributed by atoms with Gasteiger partial charge in [-0.05, 0) is 114 Å². The molecule has 216 valence electrons. The molecule has 42 heavy (non-hydrogen) atoms. The lowest BCUT2D eigenvalue weighted by Crippen LogP contribution is -2.61. The van der Waals surface area contributed by atoms with Crippen molar-refractivity contribution in [3.05, 3.63) is 96.1 Å². The number of hydrogen-bond donors (Lipinski definition) is 4. The fourth-order valence-electron chi connectivity index (χ4n) is 9.14. The van der Waals surface area contributed by atoms with Gasteiger partial charge in [-0.15, -0.1) is 0 Å². The smallest absolute Gasteiger partial charge is 0.142 e. The zero-order chi connectivity index (χ0) is 29.3. The van der Waals surface area contributed by atoms with Gasteiger partial charge in [0.25, 0.3) is 0 Å². The Kier molecular flexibility index (Phi) is 5.91. The molecule has 4 bridgehead atoms. The van der Waals surface area contributed by atoms with Gasteiger partial charge in [0, 0.05) is 17.5 Å². The molecule has 6 heteroatoms. The second-order valence-corrected chi connectivity index (χ2v) is 13.6. The summed E-state index contributed by atoms with van der Waals surface area (Å²) >= 11 is 0. The quantitative estimate of drug-likeness (QED) is 0.139. The van der Waals surface area contributed by atoms with E-state index in [1.807, 2.05) is 24.3 Å². The first-order chi connectivity index (χ1) is 20.1. The Hall–Kier alpha value is -4.32.